The van der Waals surface area contributed by atoms with Gasteiger partial charge >= 0.3 is 5.97 Å². The van der Waals surface area contributed by atoms with E-state index in [-0.39, 0.29) is 23.8 Å². The van der Waals surface area contributed by atoms with Gasteiger partial charge in [0.25, 0.3) is 0 Å². The minimum atomic E-state index is -0.799. The van der Waals surface area contributed by atoms with E-state index in [2.05, 4.69) is 20.9 Å². The highest BCUT2D eigenvalue weighted by Gasteiger charge is 2.26. The number of anilines is 1. The first-order chi connectivity index (χ1) is 19.8. The van der Waals surface area contributed by atoms with Gasteiger partial charge in [-0.25, -0.2) is 13.8 Å². The Balaban J connectivity index is 1.31. The molecule has 0 unspecified atom stereocenters. The first-order valence-electron chi connectivity index (χ1n) is 13.9. The summed E-state index contributed by atoms with van der Waals surface area (Å²) in [4.78, 5) is 24.5. The average molecular weight is 562 g/mol. The van der Waals surface area contributed by atoms with Crippen molar-refractivity contribution < 1.29 is 23.4 Å². The Labute approximate surface area is 238 Å². The van der Waals surface area contributed by atoms with Crippen LogP contribution in [0.4, 0.5) is 14.6 Å². The Morgan fingerprint density at radius 1 is 1.10 bits per heavy atom. The molecule has 0 aliphatic carbocycles. The van der Waals surface area contributed by atoms with Crippen molar-refractivity contribution in [3.05, 3.63) is 71.2 Å². The molecule has 41 heavy (non-hydrogen) atoms. The summed E-state index contributed by atoms with van der Waals surface area (Å²) >= 11 is 0. The van der Waals surface area contributed by atoms with Crippen LogP contribution in [0.15, 0.2) is 42.7 Å². The van der Waals surface area contributed by atoms with Crippen molar-refractivity contribution in [1.29, 1.82) is 5.26 Å². The molecule has 0 atom stereocenters. The van der Waals surface area contributed by atoms with Crippen molar-refractivity contribution >= 4 is 11.8 Å². The van der Waals surface area contributed by atoms with Crippen molar-refractivity contribution in [2.75, 3.05) is 37.6 Å². The van der Waals surface area contributed by atoms with Gasteiger partial charge in [-0.3, -0.25) is 14.7 Å². The van der Waals surface area contributed by atoms with Crippen molar-refractivity contribution in [2.45, 2.75) is 45.1 Å². The second kappa shape index (κ2) is 12.6. The van der Waals surface area contributed by atoms with E-state index in [1.54, 1.807) is 24.5 Å². The van der Waals surface area contributed by atoms with E-state index >= 15 is 4.39 Å². The number of hydrogen-bond donors (Lipinski definition) is 1. The lowest BCUT2D eigenvalue weighted by molar-refractivity contribution is -0.142. The van der Waals surface area contributed by atoms with Crippen molar-refractivity contribution in [3.8, 4) is 22.9 Å². The summed E-state index contributed by atoms with van der Waals surface area (Å²) in [5, 5.41) is 18.2. The van der Waals surface area contributed by atoms with E-state index < -0.39 is 17.6 Å². The lowest BCUT2D eigenvalue weighted by atomic mass is 9.92. The molecule has 2 fully saturated rings. The molecule has 2 aliphatic heterocycles. The van der Waals surface area contributed by atoms with Crippen molar-refractivity contribution in [1.82, 2.24) is 14.9 Å². The topological polar surface area (TPSA) is 103 Å². The number of benzene rings is 1. The molecule has 2 aliphatic rings. The van der Waals surface area contributed by atoms with Gasteiger partial charge in [-0.05, 0) is 81.1 Å². The van der Waals surface area contributed by atoms with Crippen LogP contribution in [0.3, 0.4) is 0 Å². The number of carboxylic acid groups (broad SMARTS) is 1. The number of carbonyl (C=O) groups is 1. The summed E-state index contributed by atoms with van der Waals surface area (Å²) in [5.41, 5.74) is 3.62. The number of halogens is 2. The fraction of sp³-hybridized carbons (Fsp3) is 0.419. The van der Waals surface area contributed by atoms with Crippen molar-refractivity contribution in [3.63, 3.8) is 0 Å². The molecule has 8 nitrogen and oxygen atoms in total. The smallest absolute Gasteiger partial charge is 0.306 e. The fourth-order valence-corrected chi connectivity index (χ4v) is 5.65. The summed E-state index contributed by atoms with van der Waals surface area (Å²) in [6.07, 6.45) is 6.25. The molecule has 10 heteroatoms. The molecule has 1 aromatic carbocycles. The van der Waals surface area contributed by atoms with Crippen LogP contribution in [-0.2, 0) is 11.4 Å². The molecule has 5 rings (SSSR count). The first kappa shape index (κ1) is 28.4. The van der Waals surface area contributed by atoms with Gasteiger partial charge in [0.2, 0.25) is 0 Å². The standard InChI is InChI=1S/C31H33F2N5O3/c1-20-14-28(21-3-9-37(10-4-21)13-7-34)36-18-24(20)19-41-30-26(16-25(32)17-27(30)33)23-2-8-35-29(15-23)38-11-5-22(6-12-38)31(39)40/h2,8,14-18,21-22H,3-6,9-13,19H2,1H3,(H,39,40). The van der Waals surface area contributed by atoms with Crippen LogP contribution in [0, 0.1) is 35.8 Å². The normalized spacial score (nSPS) is 16.9. The molecule has 0 spiro atoms. The van der Waals surface area contributed by atoms with E-state index in [4.69, 9.17) is 10.00 Å². The van der Waals surface area contributed by atoms with Gasteiger partial charge in [0.1, 0.15) is 18.2 Å². The monoisotopic (exact) mass is 561 g/mol. The predicted octanol–water partition coefficient (Wildman–Crippen LogP) is 5.31. The number of aromatic nitrogens is 2. The number of nitrogens with zero attached hydrogens (tertiary/aromatic N) is 5. The average Bonchev–Trinajstić information content (AvgIpc) is 2.97. The first-order valence-corrected chi connectivity index (χ1v) is 13.9. The quantitative estimate of drug-likeness (QED) is 0.369. The van der Waals surface area contributed by atoms with Crippen molar-refractivity contribution in [2.24, 2.45) is 5.92 Å². The molecule has 0 saturated carbocycles. The number of pyridine rings is 2. The number of aryl methyl sites for hydroxylation is 1. The van der Waals surface area contributed by atoms with Gasteiger partial charge in [-0.15, -0.1) is 0 Å². The van der Waals surface area contributed by atoms with Gasteiger partial charge in [-0.1, -0.05) is 0 Å². The number of piperidine rings is 2. The maximum absolute atomic E-state index is 15.1. The van der Waals surface area contributed by atoms with Crippen LogP contribution in [-0.4, -0.2) is 58.7 Å². The molecular formula is C31H33F2N5O3. The lowest BCUT2D eigenvalue weighted by Crippen LogP contribution is -2.36. The Morgan fingerprint density at radius 3 is 2.54 bits per heavy atom. The van der Waals surface area contributed by atoms with Gasteiger partial charge in [-0.2, -0.15) is 5.26 Å². The van der Waals surface area contributed by atoms with E-state index in [0.717, 1.165) is 48.8 Å². The molecule has 3 aromatic rings. The SMILES string of the molecule is Cc1cc(C2CCN(CC#N)CC2)ncc1COc1c(F)cc(F)cc1-c1ccnc(N2CCC(C(=O)O)CC2)c1. The molecule has 4 heterocycles. The highest BCUT2D eigenvalue weighted by atomic mass is 19.1. The van der Waals surface area contributed by atoms with Crippen LogP contribution in [0.1, 0.15) is 48.4 Å². The molecular weight excluding hydrogens is 528 g/mol. The third kappa shape index (κ3) is 6.63. The molecule has 2 aromatic heterocycles. The van der Waals surface area contributed by atoms with Gasteiger partial charge in [0.15, 0.2) is 11.6 Å². The van der Waals surface area contributed by atoms with E-state index in [0.29, 0.717) is 49.8 Å². The Morgan fingerprint density at radius 2 is 1.85 bits per heavy atom. The summed E-state index contributed by atoms with van der Waals surface area (Å²) in [5.74, 6) is -1.78. The highest BCUT2D eigenvalue weighted by molar-refractivity contribution is 5.73. The number of rotatable bonds is 8. The second-order valence-corrected chi connectivity index (χ2v) is 10.8. The van der Waals surface area contributed by atoms with Crippen LogP contribution in [0.25, 0.3) is 11.1 Å². The third-order valence-electron chi connectivity index (χ3n) is 8.15. The zero-order valence-corrected chi connectivity index (χ0v) is 23.0. The summed E-state index contributed by atoms with van der Waals surface area (Å²) in [7, 11) is 0. The molecule has 0 radical (unpaired) electrons. The van der Waals surface area contributed by atoms with Crippen LogP contribution >= 0.6 is 0 Å². The van der Waals surface area contributed by atoms with Crippen LogP contribution < -0.4 is 9.64 Å². The summed E-state index contributed by atoms with van der Waals surface area (Å²) in [6.45, 7) is 5.30. The number of aliphatic carboxylic acids is 1. The maximum Gasteiger partial charge on any atom is 0.306 e. The third-order valence-corrected chi connectivity index (χ3v) is 8.15. The van der Waals surface area contributed by atoms with Gasteiger partial charge < -0.3 is 14.7 Å². The van der Waals surface area contributed by atoms with Gasteiger partial charge in [0.05, 0.1) is 18.5 Å². The van der Waals surface area contributed by atoms with E-state index in [1.807, 2.05) is 17.9 Å². The molecule has 214 valence electrons. The van der Waals surface area contributed by atoms with E-state index in [9.17, 15) is 14.3 Å². The lowest BCUT2D eigenvalue weighted by Gasteiger charge is -2.31. The summed E-state index contributed by atoms with van der Waals surface area (Å²) in [6, 6.07) is 9.75. The molecule has 0 bridgehead atoms. The number of carboxylic acids is 1. The predicted molar refractivity (Wildman–Crippen MR) is 149 cm³/mol. The molecule has 0 amide bonds. The Kier molecular flexibility index (Phi) is 8.74. The Bertz CT molecular complexity index is 1440. The maximum atomic E-state index is 15.1. The fourth-order valence-electron chi connectivity index (χ4n) is 5.65. The number of likely N-dealkylation sites (tertiary alicyclic amines) is 1. The Hall–Kier alpha value is -4.10. The second-order valence-electron chi connectivity index (χ2n) is 10.8. The largest absolute Gasteiger partial charge is 0.485 e. The molecule has 1 N–H and O–H groups in total. The highest BCUT2D eigenvalue weighted by Crippen LogP contribution is 2.36. The minimum Gasteiger partial charge on any atom is -0.485 e. The van der Waals surface area contributed by atoms with Gasteiger partial charge in [0, 0.05) is 54.3 Å². The zero-order valence-electron chi connectivity index (χ0n) is 23.0. The summed E-state index contributed by atoms with van der Waals surface area (Å²) < 4.78 is 35.4. The zero-order chi connectivity index (χ0) is 28.9. The van der Waals surface area contributed by atoms with Crippen LogP contribution in [0.5, 0.6) is 5.75 Å². The van der Waals surface area contributed by atoms with Crippen LogP contribution in [0.2, 0.25) is 0 Å². The number of hydrogen-bond acceptors (Lipinski definition) is 7. The van der Waals surface area contributed by atoms with E-state index in [1.165, 1.54) is 6.07 Å². The number of nitriles is 1. The molecule has 2 saturated heterocycles. The minimum absolute atomic E-state index is 0.0542. The number of ether oxygens (including phenoxy) is 1.